The van der Waals surface area contributed by atoms with E-state index in [9.17, 15) is 9.59 Å². The zero-order valence-electron chi connectivity index (χ0n) is 15.5. The van der Waals surface area contributed by atoms with E-state index >= 15 is 0 Å². The molecule has 0 unspecified atom stereocenters. The predicted molar refractivity (Wildman–Crippen MR) is 109 cm³/mol. The van der Waals surface area contributed by atoms with Crippen LogP contribution in [0, 0.1) is 6.92 Å². The van der Waals surface area contributed by atoms with Crippen molar-refractivity contribution in [1.82, 2.24) is 29.9 Å². The molecule has 1 N–H and O–H groups in total. The minimum absolute atomic E-state index is 0.104. The van der Waals surface area contributed by atoms with Gasteiger partial charge in [-0.3, -0.25) is 14.2 Å². The summed E-state index contributed by atoms with van der Waals surface area (Å²) in [5.74, 6) is -0.334. The van der Waals surface area contributed by atoms with Gasteiger partial charge in [0.05, 0.1) is 5.69 Å². The van der Waals surface area contributed by atoms with Crippen LogP contribution in [-0.4, -0.2) is 30.5 Å². The molecule has 2 aromatic heterocycles. The summed E-state index contributed by atoms with van der Waals surface area (Å²) in [4.78, 5) is 29.2. The van der Waals surface area contributed by atoms with Gasteiger partial charge in [-0.15, -0.1) is 5.10 Å². The highest BCUT2D eigenvalue weighted by molar-refractivity contribution is 6.31. The molecule has 0 bridgehead atoms. The van der Waals surface area contributed by atoms with E-state index in [1.807, 2.05) is 49.4 Å². The highest BCUT2D eigenvalue weighted by atomic mass is 35.5. The molecule has 0 atom stereocenters. The first-order valence-corrected chi connectivity index (χ1v) is 9.29. The van der Waals surface area contributed by atoms with E-state index in [-0.39, 0.29) is 24.5 Å². The Morgan fingerprint density at radius 2 is 1.90 bits per heavy atom. The normalized spacial score (nSPS) is 11.0. The topological polar surface area (TPSA) is 94.7 Å². The first kappa shape index (κ1) is 18.8. The van der Waals surface area contributed by atoms with E-state index in [0.29, 0.717) is 10.7 Å². The SMILES string of the molecule is Cc1ccc(-n2nnc3c(=O)n(CC(=O)NCc4ccccc4Cl)cnc32)cc1. The Bertz CT molecular complexity index is 1250. The molecule has 0 aliphatic carbocycles. The first-order valence-electron chi connectivity index (χ1n) is 8.91. The number of fused-ring (bicyclic) bond motifs is 1. The monoisotopic (exact) mass is 408 g/mol. The fraction of sp³-hybridized carbons (Fsp3) is 0.150. The number of carbonyl (C=O) groups excluding carboxylic acids is 1. The summed E-state index contributed by atoms with van der Waals surface area (Å²) in [6.45, 7) is 2.08. The van der Waals surface area contributed by atoms with E-state index in [0.717, 1.165) is 16.8 Å². The van der Waals surface area contributed by atoms with Crippen LogP contribution in [0.25, 0.3) is 16.9 Å². The fourth-order valence-corrected chi connectivity index (χ4v) is 3.07. The van der Waals surface area contributed by atoms with Crippen LogP contribution in [0.3, 0.4) is 0 Å². The second-order valence-electron chi connectivity index (χ2n) is 6.55. The molecule has 0 fully saturated rings. The Morgan fingerprint density at radius 3 is 2.66 bits per heavy atom. The number of rotatable bonds is 5. The van der Waals surface area contributed by atoms with Crippen molar-refractivity contribution in [3.05, 3.63) is 81.4 Å². The lowest BCUT2D eigenvalue weighted by Gasteiger charge is -2.08. The van der Waals surface area contributed by atoms with Gasteiger partial charge in [0.2, 0.25) is 5.91 Å². The van der Waals surface area contributed by atoms with E-state index in [1.54, 1.807) is 6.07 Å². The van der Waals surface area contributed by atoms with Gasteiger partial charge in [0, 0.05) is 11.6 Å². The molecular weight excluding hydrogens is 392 g/mol. The van der Waals surface area contributed by atoms with Gasteiger partial charge in [0.1, 0.15) is 12.9 Å². The molecule has 29 heavy (non-hydrogen) atoms. The van der Waals surface area contributed by atoms with Gasteiger partial charge in [0.15, 0.2) is 11.2 Å². The molecule has 0 saturated heterocycles. The van der Waals surface area contributed by atoms with Crippen molar-refractivity contribution in [2.24, 2.45) is 0 Å². The van der Waals surface area contributed by atoms with E-state index < -0.39 is 5.56 Å². The zero-order chi connectivity index (χ0) is 20.4. The summed E-state index contributed by atoms with van der Waals surface area (Å²) < 4.78 is 2.70. The lowest BCUT2D eigenvalue weighted by atomic mass is 10.2. The minimum Gasteiger partial charge on any atom is -0.350 e. The Hall–Kier alpha value is -3.52. The van der Waals surface area contributed by atoms with Crippen LogP contribution in [0.2, 0.25) is 5.02 Å². The molecule has 2 heterocycles. The maximum Gasteiger partial charge on any atom is 0.284 e. The molecule has 4 rings (SSSR count). The van der Waals surface area contributed by atoms with Crippen molar-refractivity contribution in [1.29, 1.82) is 0 Å². The average molecular weight is 409 g/mol. The largest absolute Gasteiger partial charge is 0.350 e. The number of aryl methyl sites for hydroxylation is 1. The Labute approximate surface area is 170 Å². The quantitative estimate of drug-likeness (QED) is 0.546. The second kappa shape index (κ2) is 7.84. The zero-order valence-corrected chi connectivity index (χ0v) is 16.3. The average Bonchev–Trinajstić information content (AvgIpc) is 3.15. The van der Waals surface area contributed by atoms with E-state index in [4.69, 9.17) is 11.6 Å². The number of nitrogens with zero attached hydrogens (tertiary/aromatic N) is 5. The van der Waals surface area contributed by atoms with Crippen molar-refractivity contribution in [3.8, 4) is 5.69 Å². The van der Waals surface area contributed by atoms with Crippen molar-refractivity contribution in [2.45, 2.75) is 20.0 Å². The highest BCUT2D eigenvalue weighted by Gasteiger charge is 2.15. The van der Waals surface area contributed by atoms with Crippen LogP contribution in [0.4, 0.5) is 0 Å². The smallest absolute Gasteiger partial charge is 0.284 e. The van der Waals surface area contributed by atoms with E-state index in [1.165, 1.54) is 15.6 Å². The molecule has 8 nitrogen and oxygen atoms in total. The van der Waals surface area contributed by atoms with Crippen LogP contribution >= 0.6 is 11.6 Å². The van der Waals surface area contributed by atoms with Gasteiger partial charge >= 0.3 is 0 Å². The van der Waals surface area contributed by atoms with E-state index in [2.05, 4.69) is 20.6 Å². The first-order chi connectivity index (χ1) is 14.0. The third-order valence-electron chi connectivity index (χ3n) is 4.46. The third-order valence-corrected chi connectivity index (χ3v) is 4.82. The highest BCUT2D eigenvalue weighted by Crippen LogP contribution is 2.14. The van der Waals surface area contributed by atoms with Crippen LogP contribution in [0.15, 0.2) is 59.7 Å². The van der Waals surface area contributed by atoms with Gasteiger partial charge < -0.3 is 5.32 Å². The molecule has 0 saturated carbocycles. The van der Waals surface area contributed by atoms with Crippen LogP contribution in [0.5, 0.6) is 0 Å². The Balaban J connectivity index is 1.53. The van der Waals surface area contributed by atoms with Crippen LogP contribution in [0.1, 0.15) is 11.1 Å². The van der Waals surface area contributed by atoms with Crippen molar-refractivity contribution < 1.29 is 4.79 Å². The summed E-state index contributed by atoms with van der Waals surface area (Å²) in [5.41, 5.74) is 2.67. The number of hydrogen-bond acceptors (Lipinski definition) is 5. The van der Waals surface area contributed by atoms with Crippen molar-refractivity contribution in [3.63, 3.8) is 0 Å². The maximum absolute atomic E-state index is 12.7. The Kier molecular flexibility index (Phi) is 5.09. The molecule has 9 heteroatoms. The number of nitrogens with one attached hydrogen (secondary N) is 1. The minimum atomic E-state index is -0.429. The summed E-state index contributed by atoms with van der Waals surface area (Å²) in [6.07, 6.45) is 1.33. The number of benzene rings is 2. The number of halogens is 1. The molecular formula is C20H17ClN6O2. The molecule has 0 aliphatic heterocycles. The summed E-state index contributed by atoms with van der Waals surface area (Å²) >= 11 is 6.09. The second-order valence-corrected chi connectivity index (χ2v) is 6.96. The summed E-state index contributed by atoms with van der Waals surface area (Å²) in [7, 11) is 0. The van der Waals surface area contributed by atoms with Gasteiger partial charge in [0.25, 0.3) is 5.56 Å². The number of hydrogen-bond donors (Lipinski definition) is 1. The van der Waals surface area contributed by atoms with Gasteiger partial charge in [-0.05, 0) is 30.7 Å². The standard InChI is InChI=1S/C20H17ClN6O2/c1-13-6-8-15(9-7-13)27-19-18(24-25-27)20(29)26(12-23-19)11-17(28)22-10-14-4-2-3-5-16(14)21/h2-9,12H,10-11H2,1H3,(H,22,28). The molecule has 2 aromatic carbocycles. The summed E-state index contributed by atoms with van der Waals surface area (Å²) in [6, 6.07) is 14.9. The maximum atomic E-state index is 12.7. The molecule has 1 amide bonds. The molecule has 146 valence electrons. The molecule has 0 aliphatic rings. The van der Waals surface area contributed by atoms with Gasteiger partial charge in [-0.2, -0.15) is 4.68 Å². The molecule has 0 spiro atoms. The predicted octanol–water partition coefficient (Wildman–Crippen LogP) is 2.26. The van der Waals surface area contributed by atoms with Crippen molar-refractivity contribution >= 4 is 28.7 Å². The van der Waals surface area contributed by atoms with Gasteiger partial charge in [-0.1, -0.05) is 52.7 Å². The summed E-state index contributed by atoms with van der Waals surface area (Å²) in [5, 5.41) is 11.3. The Morgan fingerprint density at radius 1 is 1.14 bits per heavy atom. The third kappa shape index (κ3) is 3.88. The molecule has 4 aromatic rings. The van der Waals surface area contributed by atoms with Crippen LogP contribution < -0.4 is 10.9 Å². The number of amides is 1. The lowest BCUT2D eigenvalue weighted by molar-refractivity contribution is -0.121. The lowest BCUT2D eigenvalue weighted by Crippen LogP contribution is -2.32. The van der Waals surface area contributed by atoms with Crippen molar-refractivity contribution in [2.75, 3.05) is 0 Å². The number of carbonyl (C=O) groups is 1. The fourth-order valence-electron chi connectivity index (χ4n) is 2.86. The molecule has 0 radical (unpaired) electrons. The van der Waals surface area contributed by atoms with Gasteiger partial charge in [-0.25, -0.2) is 4.98 Å². The number of aromatic nitrogens is 5. The van der Waals surface area contributed by atoms with Crippen LogP contribution in [-0.2, 0) is 17.9 Å².